The fourth-order valence-corrected chi connectivity index (χ4v) is 1.32. The minimum Gasteiger partial charge on any atom is -0.466 e. The zero-order valence-corrected chi connectivity index (χ0v) is 9.45. The van der Waals surface area contributed by atoms with E-state index in [9.17, 15) is 9.59 Å². The molecule has 0 aliphatic rings. The molecular formula is C12H15NO3. The molecule has 0 saturated carbocycles. The van der Waals surface area contributed by atoms with Crippen molar-refractivity contribution in [3.05, 3.63) is 29.8 Å². The van der Waals surface area contributed by atoms with Crippen LogP contribution < -0.4 is 5.32 Å². The molecule has 0 unspecified atom stereocenters. The third-order valence-electron chi connectivity index (χ3n) is 1.94. The van der Waals surface area contributed by atoms with E-state index in [1.54, 1.807) is 0 Å². The average molecular weight is 221 g/mol. The molecule has 4 heteroatoms. The highest BCUT2D eigenvalue weighted by atomic mass is 16.5. The predicted molar refractivity (Wildman–Crippen MR) is 61.1 cm³/mol. The molecule has 0 aromatic heterocycles. The third kappa shape index (κ3) is 4.59. The molecule has 1 aromatic rings. The Kier molecular flexibility index (Phi) is 4.51. The van der Waals surface area contributed by atoms with Gasteiger partial charge in [0.1, 0.15) is 0 Å². The van der Waals surface area contributed by atoms with E-state index in [0.29, 0.717) is 13.0 Å². The van der Waals surface area contributed by atoms with Gasteiger partial charge in [0.25, 0.3) is 0 Å². The Hall–Kier alpha value is -1.84. The molecule has 0 radical (unpaired) electrons. The fourth-order valence-electron chi connectivity index (χ4n) is 1.32. The van der Waals surface area contributed by atoms with Gasteiger partial charge in [-0.2, -0.15) is 0 Å². The molecule has 0 aliphatic heterocycles. The molecule has 0 saturated heterocycles. The molecule has 16 heavy (non-hydrogen) atoms. The number of benzene rings is 1. The summed E-state index contributed by atoms with van der Waals surface area (Å²) in [5, 5.41) is 2.70. The van der Waals surface area contributed by atoms with Crippen molar-refractivity contribution in [3.63, 3.8) is 0 Å². The van der Waals surface area contributed by atoms with Crippen molar-refractivity contribution in [2.24, 2.45) is 0 Å². The summed E-state index contributed by atoms with van der Waals surface area (Å²) >= 11 is 0. The van der Waals surface area contributed by atoms with E-state index in [4.69, 9.17) is 4.74 Å². The quantitative estimate of drug-likeness (QED) is 0.788. The summed E-state index contributed by atoms with van der Waals surface area (Å²) in [6, 6.07) is 7.46. The van der Waals surface area contributed by atoms with Gasteiger partial charge in [-0.1, -0.05) is 12.1 Å². The van der Waals surface area contributed by atoms with Crippen molar-refractivity contribution >= 4 is 17.6 Å². The lowest BCUT2D eigenvalue weighted by Gasteiger charge is -2.05. The van der Waals surface area contributed by atoms with Gasteiger partial charge in [-0.15, -0.1) is 0 Å². The van der Waals surface area contributed by atoms with Crippen LogP contribution in [0.2, 0.25) is 0 Å². The number of ether oxygens (including phenoxy) is 1. The molecule has 0 spiro atoms. The van der Waals surface area contributed by atoms with Crippen LogP contribution >= 0.6 is 0 Å². The standard InChI is InChI=1S/C12H15NO3/c1-9(14)13-12-5-3-4-11(8-12)6-7-16-10(2)15/h3-5,8H,6-7H2,1-2H3,(H,13,14). The van der Waals surface area contributed by atoms with Gasteiger partial charge in [0.15, 0.2) is 0 Å². The van der Waals surface area contributed by atoms with E-state index in [2.05, 4.69) is 5.32 Å². The SMILES string of the molecule is CC(=O)Nc1cccc(CCOC(C)=O)c1. The van der Waals surface area contributed by atoms with Crippen LogP contribution in [-0.4, -0.2) is 18.5 Å². The van der Waals surface area contributed by atoms with Gasteiger partial charge < -0.3 is 10.1 Å². The number of carbonyl (C=O) groups is 2. The zero-order valence-electron chi connectivity index (χ0n) is 9.45. The first-order valence-corrected chi connectivity index (χ1v) is 5.08. The maximum Gasteiger partial charge on any atom is 0.302 e. The average Bonchev–Trinajstić information content (AvgIpc) is 2.16. The molecular weight excluding hydrogens is 206 g/mol. The van der Waals surface area contributed by atoms with Gasteiger partial charge >= 0.3 is 5.97 Å². The maximum absolute atomic E-state index is 10.8. The number of hydrogen-bond donors (Lipinski definition) is 1. The summed E-state index contributed by atoms with van der Waals surface area (Å²) in [7, 11) is 0. The number of esters is 1. The van der Waals surface area contributed by atoms with Crippen LogP contribution in [0.25, 0.3) is 0 Å². The van der Waals surface area contributed by atoms with E-state index in [0.717, 1.165) is 11.3 Å². The Labute approximate surface area is 94.6 Å². The first-order valence-electron chi connectivity index (χ1n) is 5.08. The van der Waals surface area contributed by atoms with Crippen LogP contribution in [-0.2, 0) is 20.7 Å². The van der Waals surface area contributed by atoms with Crippen LogP contribution in [0, 0.1) is 0 Å². The summed E-state index contributed by atoms with van der Waals surface area (Å²) in [6.07, 6.45) is 0.646. The lowest BCUT2D eigenvalue weighted by Crippen LogP contribution is -2.07. The van der Waals surface area contributed by atoms with E-state index in [1.165, 1.54) is 13.8 Å². The van der Waals surface area contributed by atoms with E-state index < -0.39 is 0 Å². The van der Waals surface area contributed by atoms with Crippen LogP contribution in [0.5, 0.6) is 0 Å². The highest BCUT2D eigenvalue weighted by Crippen LogP contribution is 2.11. The number of rotatable bonds is 4. The fraction of sp³-hybridized carbons (Fsp3) is 0.333. The number of nitrogens with one attached hydrogen (secondary N) is 1. The Morgan fingerprint density at radius 3 is 2.69 bits per heavy atom. The maximum atomic E-state index is 10.8. The molecule has 4 nitrogen and oxygen atoms in total. The smallest absolute Gasteiger partial charge is 0.302 e. The van der Waals surface area contributed by atoms with Crippen molar-refractivity contribution in [2.45, 2.75) is 20.3 Å². The lowest BCUT2D eigenvalue weighted by atomic mass is 10.1. The molecule has 1 N–H and O–H groups in total. The second-order valence-corrected chi connectivity index (χ2v) is 3.47. The van der Waals surface area contributed by atoms with E-state index in [-0.39, 0.29) is 11.9 Å². The van der Waals surface area contributed by atoms with Crippen molar-refractivity contribution < 1.29 is 14.3 Å². The van der Waals surface area contributed by atoms with Gasteiger partial charge in [-0.05, 0) is 17.7 Å². The van der Waals surface area contributed by atoms with Gasteiger partial charge in [-0.3, -0.25) is 9.59 Å². The number of carbonyl (C=O) groups excluding carboxylic acids is 2. The molecule has 0 bridgehead atoms. The number of anilines is 1. The zero-order chi connectivity index (χ0) is 12.0. The molecule has 0 fully saturated rings. The molecule has 1 amide bonds. The normalized spacial score (nSPS) is 9.62. The van der Waals surface area contributed by atoms with Crippen molar-refractivity contribution in [1.82, 2.24) is 0 Å². The first kappa shape index (κ1) is 12.2. The minimum absolute atomic E-state index is 0.0999. The van der Waals surface area contributed by atoms with Gasteiger partial charge in [0.2, 0.25) is 5.91 Å². The Bertz CT molecular complexity index is 388. The number of amides is 1. The molecule has 0 heterocycles. The minimum atomic E-state index is -0.280. The van der Waals surface area contributed by atoms with Crippen molar-refractivity contribution in [3.8, 4) is 0 Å². The van der Waals surface area contributed by atoms with Crippen molar-refractivity contribution in [2.75, 3.05) is 11.9 Å². The van der Waals surface area contributed by atoms with Crippen molar-refractivity contribution in [1.29, 1.82) is 0 Å². The van der Waals surface area contributed by atoms with Gasteiger partial charge in [0.05, 0.1) is 6.61 Å². The highest BCUT2D eigenvalue weighted by molar-refractivity contribution is 5.88. The molecule has 86 valence electrons. The molecule has 1 aromatic carbocycles. The lowest BCUT2D eigenvalue weighted by molar-refractivity contribution is -0.140. The largest absolute Gasteiger partial charge is 0.466 e. The predicted octanol–water partition coefficient (Wildman–Crippen LogP) is 1.75. The second-order valence-electron chi connectivity index (χ2n) is 3.47. The molecule has 0 aliphatic carbocycles. The number of hydrogen-bond acceptors (Lipinski definition) is 3. The summed E-state index contributed by atoms with van der Waals surface area (Å²) in [5.41, 5.74) is 1.78. The van der Waals surface area contributed by atoms with Crippen LogP contribution in [0.3, 0.4) is 0 Å². The summed E-state index contributed by atoms with van der Waals surface area (Å²) in [4.78, 5) is 21.4. The van der Waals surface area contributed by atoms with Gasteiger partial charge in [-0.25, -0.2) is 0 Å². The molecule has 1 rings (SSSR count). The second kappa shape index (κ2) is 5.90. The first-order chi connectivity index (χ1) is 7.58. The van der Waals surface area contributed by atoms with E-state index in [1.807, 2.05) is 24.3 Å². The molecule has 0 atom stereocenters. The Balaban J connectivity index is 2.53. The van der Waals surface area contributed by atoms with Crippen LogP contribution in [0.1, 0.15) is 19.4 Å². The Morgan fingerprint density at radius 1 is 1.31 bits per heavy atom. The van der Waals surface area contributed by atoms with Crippen LogP contribution in [0.4, 0.5) is 5.69 Å². The summed E-state index contributed by atoms with van der Waals surface area (Å²) < 4.78 is 4.84. The highest BCUT2D eigenvalue weighted by Gasteiger charge is 1.99. The van der Waals surface area contributed by atoms with Crippen LogP contribution in [0.15, 0.2) is 24.3 Å². The van der Waals surface area contributed by atoms with E-state index >= 15 is 0 Å². The monoisotopic (exact) mass is 221 g/mol. The Morgan fingerprint density at radius 2 is 2.06 bits per heavy atom. The summed E-state index contributed by atoms with van der Waals surface area (Å²) in [5.74, 6) is -0.379. The summed E-state index contributed by atoms with van der Waals surface area (Å²) in [6.45, 7) is 3.21. The third-order valence-corrected chi connectivity index (χ3v) is 1.94. The van der Waals surface area contributed by atoms with Gasteiger partial charge in [0, 0.05) is 26.0 Å². The topological polar surface area (TPSA) is 55.4 Å².